The first-order valence-electron chi connectivity index (χ1n) is 7.36. The van der Waals surface area contributed by atoms with Gasteiger partial charge in [0.05, 0.1) is 31.0 Å². The maximum atomic E-state index is 5.53. The first-order chi connectivity index (χ1) is 11.2. The van der Waals surface area contributed by atoms with Crippen LogP contribution in [0.1, 0.15) is 10.6 Å². The van der Waals surface area contributed by atoms with E-state index in [9.17, 15) is 0 Å². The normalized spacial score (nSPS) is 10.7. The molecular weight excluding hydrogens is 310 g/mol. The van der Waals surface area contributed by atoms with Gasteiger partial charge < -0.3 is 14.0 Å². The summed E-state index contributed by atoms with van der Waals surface area (Å²) in [6, 6.07) is 5.83. The molecular formula is C17H19N3O2S. The van der Waals surface area contributed by atoms with Crippen molar-refractivity contribution in [3.05, 3.63) is 46.7 Å². The Hall–Kier alpha value is -2.34. The molecule has 0 bridgehead atoms. The zero-order valence-electron chi connectivity index (χ0n) is 13.4. The van der Waals surface area contributed by atoms with Crippen molar-refractivity contribution >= 4 is 11.3 Å². The molecule has 1 aromatic carbocycles. The van der Waals surface area contributed by atoms with Gasteiger partial charge in [0.2, 0.25) is 0 Å². The molecule has 0 fully saturated rings. The first-order valence-corrected chi connectivity index (χ1v) is 8.24. The summed E-state index contributed by atoms with van der Waals surface area (Å²) >= 11 is 1.70. The number of rotatable bonds is 6. The zero-order valence-corrected chi connectivity index (χ0v) is 14.3. The van der Waals surface area contributed by atoms with E-state index in [2.05, 4.69) is 14.5 Å². The van der Waals surface area contributed by atoms with Crippen molar-refractivity contribution in [1.29, 1.82) is 0 Å². The highest BCUT2D eigenvalue weighted by molar-refractivity contribution is 7.09. The van der Waals surface area contributed by atoms with Gasteiger partial charge in [0, 0.05) is 30.2 Å². The van der Waals surface area contributed by atoms with Crippen molar-refractivity contribution in [1.82, 2.24) is 14.5 Å². The fourth-order valence-electron chi connectivity index (χ4n) is 2.59. The van der Waals surface area contributed by atoms with E-state index in [0.29, 0.717) is 11.5 Å². The number of thiazole rings is 1. The van der Waals surface area contributed by atoms with Gasteiger partial charge in [0.25, 0.3) is 0 Å². The van der Waals surface area contributed by atoms with Crippen molar-refractivity contribution in [3.8, 4) is 22.9 Å². The average Bonchev–Trinajstić information content (AvgIpc) is 3.20. The summed E-state index contributed by atoms with van der Waals surface area (Å²) in [5.41, 5.74) is 3.93. The highest BCUT2D eigenvalue weighted by Crippen LogP contribution is 2.37. The molecule has 0 N–H and O–H groups in total. The lowest BCUT2D eigenvalue weighted by molar-refractivity contribution is 0.356. The van der Waals surface area contributed by atoms with Crippen LogP contribution in [0.2, 0.25) is 0 Å². The number of imidazole rings is 1. The van der Waals surface area contributed by atoms with E-state index >= 15 is 0 Å². The minimum atomic E-state index is 0.705. The van der Waals surface area contributed by atoms with Gasteiger partial charge in [-0.3, -0.25) is 0 Å². The second kappa shape index (κ2) is 6.83. The Bertz CT molecular complexity index is 795. The number of nitrogens with zero attached hydrogens (tertiary/aromatic N) is 3. The quantitative estimate of drug-likeness (QED) is 0.693. The third kappa shape index (κ3) is 3.07. The molecule has 3 rings (SSSR count). The molecule has 3 aromatic rings. The Morgan fingerprint density at radius 3 is 2.74 bits per heavy atom. The fraction of sp³-hybridized carbons (Fsp3) is 0.294. The van der Waals surface area contributed by atoms with E-state index in [1.165, 1.54) is 4.88 Å². The molecule has 120 valence electrons. The number of methoxy groups -OCH3 is 2. The van der Waals surface area contributed by atoms with Gasteiger partial charge >= 0.3 is 0 Å². The number of aromatic nitrogens is 3. The van der Waals surface area contributed by atoms with Crippen LogP contribution in [-0.4, -0.2) is 28.8 Å². The molecule has 0 amide bonds. The van der Waals surface area contributed by atoms with E-state index in [1.54, 1.807) is 25.6 Å². The van der Waals surface area contributed by atoms with Crippen LogP contribution in [0.25, 0.3) is 11.4 Å². The molecule has 0 saturated heterocycles. The predicted molar refractivity (Wildman–Crippen MR) is 91.3 cm³/mol. The molecule has 2 aromatic heterocycles. The Labute approximate surface area is 139 Å². The number of aryl methyl sites for hydroxylation is 3. The van der Waals surface area contributed by atoms with Crippen molar-refractivity contribution in [2.24, 2.45) is 0 Å². The van der Waals surface area contributed by atoms with Gasteiger partial charge in [-0.25, -0.2) is 9.97 Å². The molecule has 0 aliphatic carbocycles. The van der Waals surface area contributed by atoms with Gasteiger partial charge in [0.1, 0.15) is 5.82 Å². The van der Waals surface area contributed by atoms with Gasteiger partial charge in [0.15, 0.2) is 11.5 Å². The lowest BCUT2D eigenvalue weighted by atomic mass is 10.1. The summed E-state index contributed by atoms with van der Waals surface area (Å²) in [7, 11) is 3.29. The molecule has 0 aliphatic heterocycles. The van der Waals surface area contributed by atoms with Crippen LogP contribution in [-0.2, 0) is 13.0 Å². The SMILES string of the molecule is COc1cccc(-c2nccn2CCc2scnc2C)c1OC. The number of para-hydroxylation sites is 1. The second-order valence-corrected chi connectivity index (χ2v) is 6.04. The van der Waals surface area contributed by atoms with Gasteiger partial charge in [-0.2, -0.15) is 0 Å². The standard InChI is InChI=1S/C17H19N3O2S/c1-12-15(23-11-19-12)7-9-20-10-8-18-17(20)13-5-4-6-14(21-2)16(13)22-3/h4-6,8,10-11H,7,9H2,1-3H3. The Morgan fingerprint density at radius 2 is 2.04 bits per heavy atom. The van der Waals surface area contributed by atoms with Gasteiger partial charge in [-0.15, -0.1) is 11.3 Å². The molecule has 0 spiro atoms. The number of hydrogen-bond acceptors (Lipinski definition) is 5. The topological polar surface area (TPSA) is 49.2 Å². The summed E-state index contributed by atoms with van der Waals surface area (Å²) in [5, 5.41) is 0. The molecule has 0 saturated carbocycles. The summed E-state index contributed by atoms with van der Waals surface area (Å²) in [5.74, 6) is 2.29. The number of ether oxygens (including phenoxy) is 2. The summed E-state index contributed by atoms with van der Waals surface area (Å²) in [4.78, 5) is 10.1. The average molecular weight is 329 g/mol. The zero-order chi connectivity index (χ0) is 16.2. The van der Waals surface area contributed by atoms with E-state index in [1.807, 2.05) is 43.0 Å². The Morgan fingerprint density at radius 1 is 1.17 bits per heavy atom. The maximum absolute atomic E-state index is 5.53. The summed E-state index contributed by atoms with van der Waals surface area (Å²) < 4.78 is 13.0. The number of benzene rings is 1. The Kier molecular flexibility index (Phi) is 4.62. The molecule has 0 aliphatic rings. The van der Waals surface area contributed by atoms with Crippen molar-refractivity contribution in [3.63, 3.8) is 0 Å². The molecule has 5 nitrogen and oxygen atoms in total. The van der Waals surface area contributed by atoms with Crippen LogP contribution in [0.3, 0.4) is 0 Å². The van der Waals surface area contributed by atoms with E-state index in [-0.39, 0.29) is 0 Å². The van der Waals surface area contributed by atoms with Crippen LogP contribution in [0.5, 0.6) is 11.5 Å². The lowest BCUT2D eigenvalue weighted by Crippen LogP contribution is -2.04. The van der Waals surface area contributed by atoms with Crippen molar-refractivity contribution in [2.45, 2.75) is 19.9 Å². The molecule has 0 unspecified atom stereocenters. The monoisotopic (exact) mass is 329 g/mol. The maximum Gasteiger partial charge on any atom is 0.171 e. The third-order valence-corrected chi connectivity index (χ3v) is 4.78. The molecule has 6 heteroatoms. The van der Waals surface area contributed by atoms with Crippen molar-refractivity contribution in [2.75, 3.05) is 14.2 Å². The molecule has 0 radical (unpaired) electrons. The van der Waals surface area contributed by atoms with Crippen LogP contribution < -0.4 is 9.47 Å². The lowest BCUT2D eigenvalue weighted by Gasteiger charge is -2.13. The summed E-state index contributed by atoms with van der Waals surface area (Å²) in [6.45, 7) is 2.89. The molecule has 23 heavy (non-hydrogen) atoms. The largest absolute Gasteiger partial charge is 0.493 e. The van der Waals surface area contributed by atoms with E-state index < -0.39 is 0 Å². The highest BCUT2D eigenvalue weighted by Gasteiger charge is 2.15. The molecule has 2 heterocycles. The van der Waals surface area contributed by atoms with Crippen LogP contribution in [0, 0.1) is 6.92 Å². The van der Waals surface area contributed by atoms with E-state index in [4.69, 9.17) is 9.47 Å². The Balaban J connectivity index is 1.91. The smallest absolute Gasteiger partial charge is 0.171 e. The minimum Gasteiger partial charge on any atom is -0.493 e. The fourth-order valence-corrected chi connectivity index (χ4v) is 3.36. The van der Waals surface area contributed by atoms with Crippen LogP contribution >= 0.6 is 11.3 Å². The number of hydrogen-bond donors (Lipinski definition) is 0. The van der Waals surface area contributed by atoms with Crippen LogP contribution in [0.15, 0.2) is 36.1 Å². The predicted octanol–water partition coefficient (Wildman–Crippen LogP) is 3.57. The third-order valence-electron chi connectivity index (χ3n) is 3.78. The second-order valence-electron chi connectivity index (χ2n) is 5.10. The minimum absolute atomic E-state index is 0.705. The van der Waals surface area contributed by atoms with Crippen molar-refractivity contribution < 1.29 is 9.47 Å². The van der Waals surface area contributed by atoms with Crippen LogP contribution in [0.4, 0.5) is 0 Å². The van der Waals surface area contributed by atoms with Gasteiger partial charge in [-0.1, -0.05) is 6.07 Å². The summed E-state index contributed by atoms with van der Waals surface area (Å²) in [6.07, 6.45) is 4.74. The van der Waals surface area contributed by atoms with E-state index in [0.717, 1.165) is 30.0 Å². The first kappa shape index (κ1) is 15.6. The highest BCUT2D eigenvalue weighted by atomic mass is 32.1. The van der Waals surface area contributed by atoms with Gasteiger partial charge in [-0.05, 0) is 19.1 Å². The molecule has 0 atom stereocenters.